The zero-order valence-electron chi connectivity index (χ0n) is 13.5. The third-order valence-corrected chi connectivity index (χ3v) is 3.36. The molecule has 0 aliphatic heterocycles. The first-order valence-corrected chi connectivity index (χ1v) is 7.98. The molecule has 4 nitrogen and oxygen atoms in total. The van der Waals surface area contributed by atoms with Gasteiger partial charge >= 0.3 is 5.97 Å². The number of ether oxygens (including phenoxy) is 2. The Balaban J connectivity index is 2.62. The van der Waals surface area contributed by atoms with Crippen LogP contribution in [0.3, 0.4) is 0 Å². The van der Waals surface area contributed by atoms with E-state index in [1.165, 1.54) is 0 Å². The average Bonchev–Trinajstić information content (AvgIpc) is 2.56. The number of rotatable bonds is 11. The molecule has 0 saturated heterocycles. The van der Waals surface area contributed by atoms with Crippen molar-refractivity contribution in [3.8, 4) is 0 Å². The van der Waals surface area contributed by atoms with E-state index < -0.39 is 5.97 Å². The highest BCUT2D eigenvalue weighted by Crippen LogP contribution is 2.13. The van der Waals surface area contributed by atoms with Gasteiger partial charge in [0.15, 0.2) is 0 Å². The number of carbonyl (C=O) groups is 1. The van der Waals surface area contributed by atoms with Crippen LogP contribution in [0.15, 0.2) is 24.3 Å². The molecule has 1 atom stereocenters. The molecule has 0 aliphatic carbocycles. The van der Waals surface area contributed by atoms with Gasteiger partial charge in [-0.1, -0.05) is 44.9 Å². The van der Waals surface area contributed by atoms with E-state index in [1.807, 2.05) is 0 Å². The molecule has 0 aliphatic rings. The third kappa shape index (κ3) is 6.39. The van der Waals surface area contributed by atoms with Crippen molar-refractivity contribution < 1.29 is 19.1 Å². The highest BCUT2D eigenvalue weighted by atomic mass is 16.6. The van der Waals surface area contributed by atoms with Crippen LogP contribution in [0, 0.1) is 0 Å². The van der Waals surface area contributed by atoms with Crippen LogP contribution in [0.25, 0.3) is 0 Å². The zero-order valence-corrected chi connectivity index (χ0v) is 13.5. The summed E-state index contributed by atoms with van der Waals surface area (Å²) in [7, 11) is 0. The molecule has 0 aromatic heterocycles. The fourth-order valence-electron chi connectivity index (χ4n) is 2.03. The lowest BCUT2D eigenvalue weighted by Crippen LogP contribution is -2.24. The molecule has 1 radical (unpaired) electrons. The van der Waals surface area contributed by atoms with Gasteiger partial charge in [0.25, 0.3) is 0 Å². The summed E-state index contributed by atoms with van der Waals surface area (Å²) in [5.74, 6) is -0.487. The first-order chi connectivity index (χ1) is 10.7. The lowest BCUT2D eigenvalue weighted by molar-refractivity contribution is -0.00811. The van der Waals surface area contributed by atoms with Crippen LogP contribution in [-0.2, 0) is 14.3 Å². The number of esters is 1. The maximum absolute atomic E-state index is 12.2. The Labute approximate surface area is 132 Å². The molecular weight excluding hydrogens is 280 g/mol. The Morgan fingerprint density at radius 2 is 1.91 bits per heavy atom. The molecule has 0 fully saturated rings. The monoisotopic (exact) mass is 305 g/mol. The molecule has 1 aromatic rings. The third-order valence-electron chi connectivity index (χ3n) is 3.36. The molecule has 0 bridgehead atoms. The van der Waals surface area contributed by atoms with E-state index in [9.17, 15) is 9.59 Å². The van der Waals surface area contributed by atoms with Gasteiger partial charge in [0.2, 0.25) is 6.29 Å². The SMILES string of the molecule is CCCCOCC(CCCC)OC(=O)c1ccccc1[C]=O. The molecular formula is C18H25O4. The number of benzene rings is 1. The molecule has 22 heavy (non-hydrogen) atoms. The van der Waals surface area contributed by atoms with Crippen molar-refractivity contribution in [3.05, 3.63) is 35.4 Å². The summed E-state index contributed by atoms with van der Waals surface area (Å²) in [6, 6.07) is 6.54. The van der Waals surface area contributed by atoms with Crippen LogP contribution in [0.1, 0.15) is 61.9 Å². The molecule has 0 N–H and O–H groups in total. The lowest BCUT2D eigenvalue weighted by Gasteiger charge is -2.18. The van der Waals surface area contributed by atoms with Crippen LogP contribution >= 0.6 is 0 Å². The van der Waals surface area contributed by atoms with Gasteiger partial charge in [-0.25, -0.2) is 4.79 Å². The van der Waals surface area contributed by atoms with Crippen LogP contribution < -0.4 is 0 Å². The molecule has 0 saturated carbocycles. The number of unbranched alkanes of at least 4 members (excludes halogenated alkanes) is 2. The van der Waals surface area contributed by atoms with Gasteiger partial charge in [-0.15, -0.1) is 0 Å². The smallest absolute Gasteiger partial charge is 0.339 e. The van der Waals surface area contributed by atoms with Gasteiger partial charge in [-0.2, -0.15) is 0 Å². The predicted octanol–water partition coefficient (Wildman–Crippen LogP) is 3.68. The van der Waals surface area contributed by atoms with Crippen LogP contribution in [0.4, 0.5) is 0 Å². The van der Waals surface area contributed by atoms with E-state index in [-0.39, 0.29) is 17.2 Å². The van der Waals surface area contributed by atoms with Crippen LogP contribution in [-0.4, -0.2) is 31.6 Å². The van der Waals surface area contributed by atoms with Crippen molar-refractivity contribution in [2.45, 2.75) is 52.1 Å². The van der Waals surface area contributed by atoms with Crippen molar-refractivity contribution in [3.63, 3.8) is 0 Å². The first kappa shape index (κ1) is 18.4. The quantitative estimate of drug-likeness (QED) is 0.462. The highest BCUT2D eigenvalue weighted by molar-refractivity contribution is 5.98. The maximum Gasteiger partial charge on any atom is 0.339 e. The summed E-state index contributed by atoms with van der Waals surface area (Å²) < 4.78 is 11.1. The minimum absolute atomic E-state index is 0.230. The maximum atomic E-state index is 12.2. The van der Waals surface area contributed by atoms with Gasteiger partial charge in [0, 0.05) is 12.2 Å². The van der Waals surface area contributed by atoms with E-state index in [0.717, 1.165) is 32.1 Å². The average molecular weight is 305 g/mol. The number of hydrogen-bond donors (Lipinski definition) is 0. The van der Waals surface area contributed by atoms with Crippen molar-refractivity contribution in [2.24, 2.45) is 0 Å². The molecule has 0 amide bonds. The van der Waals surface area contributed by atoms with Gasteiger partial charge in [-0.05, 0) is 25.3 Å². The Hall–Kier alpha value is -1.68. The fourth-order valence-corrected chi connectivity index (χ4v) is 2.03. The molecule has 1 aromatic carbocycles. The second-order valence-corrected chi connectivity index (χ2v) is 5.25. The number of carbonyl (C=O) groups excluding carboxylic acids is 2. The molecule has 1 unspecified atom stereocenters. The summed E-state index contributed by atoms with van der Waals surface area (Å²) in [6.07, 6.45) is 6.33. The van der Waals surface area contributed by atoms with Crippen LogP contribution in [0.5, 0.6) is 0 Å². The second-order valence-electron chi connectivity index (χ2n) is 5.25. The van der Waals surface area contributed by atoms with Crippen molar-refractivity contribution >= 4 is 12.3 Å². The Bertz CT molecular complexity index is 456. The van der Waals surface area contributed by atoms with Crippen LogP contribution in [0.2, 0.25) is 0 Å². The van der Waals surface area contributed by atoms with Gasteiger partial charge in [-0.3, -0.25) is 4.79 Å². The normalized spacial score (nSPS) is 11.9. The number of hydrogen-bond acceptors (Lipinski definition) is 4. The molecule has 0 heterocycles. The Morgan fingerprint density at radius 3 is 2.59 bits per heavy atom. The van der Waals surface area contributed by atoms with E-state index >= 15 is 0 Å². The molecule has 121 valence electrons. The van der Waals surface area contributed by atoms with E-state index in [1.54, 1.807) is 30.6 Å². The largest absolute Gasteiger partial charge is 0.456 e. The Kier molecular flexibility index (Phi) is 9.15. The minimum atomic E-state index is -0.487. The zero-order chi connectivity index (χ0) is 16.2. The second kappa shape index (κ2) is 11.0. The molecule has 1 rings (SSSR count). The topological polar surface area (TPSA) is 52.6 Å². The van der Waals surface area contributed by atoms with Crippen molar-refractivity contribution in [1.29, 1.82) is 0 Å². The highest BCUT2D eigenvalue weighted by Gasteiger charge is 2.18. The summed E-state index contributed by atoms with van der Waals surface area (Å²) in [6.45, 7) is 5.27. The van der Waals surface area contributed by atoms with E-state index in [2.05, 4.69) is 13.8 Å². The Morgan fingerprint density at radius 1 is 1.18 bits per heavy atom. The van der Waals surface area contributed by atoms with Gasteiger partial charge in [0.05, 0.1) is 12.2 Å². The standard InChI is InChI=1S/C18H25O4/c1-3-5-10-16(14-21-12-6-4-2)22-18(20)17-11-8-7-9-15(17)13-19/h7-9,11,16H,3-6,10,12,14H2,1-2H3. The predicted molar refractivity (Wildman–Crippen MR) is 85.7 cm³/mol. The molecule has 4 heteroatoms. The first-order valence-electron chi connectivity index (χ1n) is 7.98. The van der Waals surface area contributed by atoms with Crippen molar-refractivity contribution in [1.82, 2.24) is 0 Å². The fraction of sp³-hybridized carbons (Fsp3) is 0.556. The lowest BCUT2D eigenvalue weighted by atomic mass is 10.1. The van der Waals surface area contributed by atoms with Gasteiger partial charge < -0.3 is 9.47 Å². The summed E-state index contributed by atoms with van der Waals surface area (Å²) in [5.41, 5.74) is 0.487. The van der Waals surface area contributed by atoms with Gasteiger partial charge in [0.1, 0.15) is 6.10 Å². The summed E-state index contributed by atoms with van der Waals surface area (Å²) >= 11 is 0. The van der Waals surface area contributed by atoms with E-state index in [4.69, 9.17) is 9.47 Å². The summed E-state index contributed by atoms with van der Waals surface area (Å²) in [5, 5.41) is 0. The van der Waals surface area contributed by atoms with E-state index in [0.29, 0.717) is 13.2 Å². The van der Waals surface area contributed by atoms with Crippen molar-refractivity contribution in [2.75, 3.05) is 13.2 Å². The summed E-state index contributed by atoms with van der Waals surface area (Å²) in [4.78, 5) is 23.1. The minimum Gasteiger partial charge on any atom is -0.456 e. The molecule has 0 spiro atoms.